The van der Waals surface area contributed by atoms with Crippen LogP contribution in [0.25, 0.3) is 0 Å². The molecule has 1 aliphatic carbocycles. The van der Waals surface area contributed by atoms with Gasteiger partial charge in [0.25, 0.3) is 11.8 Å². The zero-order valence-corrected chi connectivity index (χ0v) is 17.3. The van der Waals surface area contributed by atoms with E-state index >= 15 is 0 Å². The van der Waals surface area contributed by atoms with E-state index in [1.807, 2.05) is 29.2 Å². The fraction of sp³-hybridized carbons (Fsp3) is 0.435. The summed E-state index contributed by atoms with van der Waals surface area (Å²) in [6.07, 6.45) is 12.2. The van der Waals surface area contributed by atoms with Gasteiger partial charge in [0.05, 0.1) is 5.56 Å². The lowest BCUT2D eigenvalue weighted by atomic mass is 9.96. The predicted molar refractivity (Wildman–Crippen MR) is 114 cm³/mol. The van der Waals surface area contributed by atoms with E-state index in [-0.39, 0.29) is 17.9 Å². The smallest absolute Gasteiger partial charge is 0.254 e. The molecule has 0 bridgehead atoms. The number of fused-ring (bicyclic) bond motifs is 1. The normalized spacial score (nSPS) is 21.6. The molecule has 2 fully saturated rings. The molecule has 2 saturated heterocycles. The molecule has 0 saturated carbocycles. The second kappa shape index (κ2) is 9.26. The maximum atomic E-state index is 13.0. The Labute approximate surface area is 177 Å². The van der Waals surface area contributed by atoms with Gasteiger partial charge in [-0.25, -0.2) is 4.98 Å². The van der Waals surface area contributed by atoms with Crippen molar-refractivity contribution >= 4 is 11.8 Å². The molecular weight excluding hydrogens is 380 g/mol. The second-order valence-electron chi connectivity index (χ2n) is 7.79. The SMILES string of the molecule is CNC(=O)c1ccc(OC2C=CC=C3C(=O)N(CCN4CCCC4)CCC3=C2)nc1. The number of rotatable bonds is 6. The van der Waals surface area contributed by atoms with Crippen molar-refractivity contribution < 1.29 is 14.3 Å². The number of carbonyl (C=O) groups is 2. The number of pyridine rings is 1. The van der Waals surface area contributed by atoms with Gasteiger partial charge >= 0.3 is 0 Å². The molecule has 3 heterocycles. The Hall–Kier alpha value is -2.93. The number of ether oxygens (including phenoxy) is 1. The summed E-state index contributed by atoms with van der Waals surface area (Å²) in [4.78, 5) is 33.3. The first-order valence-corrected chi connectivity index (χ1v) is 10.6. The van der Waals surface area contributed by atoms with E-state index in [4.69, 9.17) is 4.74 Å². The monoisotopic (exact) mass is 408 g/mol. The Balaban J connectivity index is 1.39. The van der Waals surface area contributed by atoms with E-state index in [1.165, 1.54) is 19.0 Å². The van der Waals surface area contributed by atoms with Crippen molar-refractivity contribution in [1.29, 1.82) is 0 Å². The minimum absolute atomic E-state index is 0.102. The molecule has 158 valence electrons. The molecule has 1 N–H and O–H groups in total. The number of aromatic nitrogens is 1. The van der Waals surface area contributed by atoms with E-state index in [0.29, 0.717) is 11.4 Å². The quantitative estimate of drug-likeness (QED) is 0.779. The summed E-state index contributed by atoms with van der Waals surface area (Å²) in [6.45, 7) is 4.78. The van der Waals surface area contributed by atoms with Gasteiger partial charge in [0.2, 0.25) is 5.88 Å². The molecular formula is C23H28N4O3. The number of likely N-dealkylation sites (tertiary alicyclic amines) is 2. The molecule has 7 nitrogen and oxygen atoms in total. The summed E-state index contributed by atoms with van der Waals surface area (Å²) in [6, 6.07) is 3.36. The minimum Gasteiger partial charge on any atom is -0.466 e. The minimum atomic E-state index is -0.309. The van der Waals surface area contributed by atoms with Crippen molar-refractivity contribution in [2.75, 3.05) is 39.8 Å². The zero-order chi connectivity index (χ0) is 20.9. The van der Waals surface area contributed by atoms with Crippen molar-refractivity contribution in [3.63, 3.8) is 0 Å². The van der Waals surface area contributed by atoms with Crippen molar-refractivity contribution in [3.05, 3.63) is 59.3 Å². The predicted octanol–water partition coefficient (Wildman–Crippen LogP) is 1.94. The average Bonchev–Trinajstić information content (AvgIpc) is 3.20. The standard InChI is InChI=1S/C23H28N4O3/c1-24-22(28)18-7-8-21(25-16-18)30-19-5-4-6-20-17(15-19)9-12-27(23(20)29)14-13-26-10-2-3-11-26/h4-8,15-16,19H,2-3,9-14H2,1H3,(H,24,28). The van der Waals surface area contributed by atoms with Crippen molar-refractivity contribution in [2.24, 2.45) is 0 Å². The van der Waals surface area contributed by atoms with Crippen molar-refractivity contribution in [1.82, 2.24) is 20.1 Å². The van der Waals surface area contributed by atoms with Crippen LogP contribution in [0.1, 0.15) is 29.6 Å². The van der Waals surface area contributed by atoms with Gasteiger partial charge in [-0.15, -0.1) is 0 Å². The highest BCUT2D eigenvalue weighted by Gasteiger charge is 2.28. The van der Waals surface area contributed by atoms with E-state index in [9.17, 15) is 9.59 Å². The third-order valence-corrected chi connectivity index (χ3v) is 5.81. The molecule has 2 amide bonds. The maximum Gasteiger partial charge on any atom is 0.254 e. The van der Waals surface area contributed by atoms with Crippen LogP contribution in [0.5, 0.6) is 5.88 Å². The van der Waals surface area contributed by atoms with Gasteiger partial charge < -0.3 is 19.9 Å². The summed E-state index contributed by atoms with van der Waals surface area (Å²) in [5.41, 5.74) is 2.26. The Morgan fingerprint density at radius 1 is 1.23 bits per heavy atom. The molecule has 30 heavy (non-hydrogen) atoms. The van der Waals surface area contributed by atoms with E-state index in [0.717, 1.165) is 50.3 Å². The average molecular weight is 409 g/mol. The van der Waals surface area contributed by atoms with Gasteiger partial charge in [-0.05, 0) is 62.2 Å². The molecule has 0 aromatic carbocycles. The van der Waals surface area contributed by atoms with Gasteiger partial charge in [0.1, 0.15) is 6.10 Å². The fourth-order valence-corrected chi connectivity index (χ4v) is 4.09. The van der Waals surface area contributed by atoms with Crippen molar-refractivity contribution in [2.45, 2.75) is 25.4 Å². The van der Waals surface area contributed by atoms with Crippen LogP contribution in [0.4, 0.5) is 0 Å². The first-order valence-electron chi connectivity index (χ1n) is 10.6. The van der Waals surface area contributed by atoms with Gasteiger partial charge in [-0.2, -0.15) is 0 Å². The topological polar surface area (TPSA) is 74.8 Å². The first kappa shape index (κ1) is 20.3. The molecule has 1 aromatic rings. The highest BCUT2D eigenvalue weighted by molar-refractivity contribution is 5.99. The fourth-order valence-electron chi connectivity index (χ4n) is 4.09. The van der Waals surface area contributed by atoms with Crippen LogP contribution in [0.15, 0.2) is 53.8 Å². The molecule has 3 aliphatic rings. The van der Waals surface area contributed by atoms with Crippen LogP contribution in [-0.2, 0) is 4.79 Å². The summed E-state index contributed by atoms with van der Waals surface area (Å²) in [5.74, 6) is 0.353. The second-order valence-corrected chi connectivity index (χ2v) is 7.79. The molecule has 0 radical (unpaired) electrons. The largest absolute Gasteiger partial charge is 0.466 e. The van der Waals surface area contributed by atoms with Crippen LogP contribution < -0.4 is 10.1 Å². The number of nitrogens with zero attached hydrogens (tertiary/aromatic N) is 3. The molecule has 1 atom stereocenters. The summed E-state index contributed by atoms with van der Waals surface area (Å²) < 4.78 is 5.96. The van der Waals surface area contributed by atoms with Crippen LogP contribution in [0, 0.1) is 0 Å². The molecule has 1 unspecified atom stereocenters. The molecule has 0 spiro atoms. The number of hydrogen-bond donors (Lipinski definition) is 1. The molecule has 4 rings (SSSR count). The Bertz CT molecular complexity index is 882. The zero-order valence-electron chi connectivity index (χ0n) is 17.3. The third-order valence-electron chi connectivity index (χ3n) is 5.81. The van der Waals surface area contributed by atoms with Gasteiger partial charge in [-0.3, -0.25) is 9.59 Å². The van der Waals surface area contributed by atoms with Gasteiger partial charge in [-0.1, -0.05) is 6.08 Å². The summed E-state index contributed by atoms with van der Waals surface area (Å²) >= 11 is 0. The number of carbonyl (C=O) groups excluding carboxylic acids is 2. The Kier molecular flexibility index (Phi) is 6.28. The van der Waals surface area contributed by atoms with Crippen LogP contribution in [0.2, 0.25) is 0 Å². The van der Waals surface area contributed by atoms with Crippen LogP contribution in [-0.4, -0.2) is 72.5 Å². The van der Waals surface area contributed by atoms with E-state index < -0.39 is 0 Å². The number of nitrogens with one attached hydrogen (secondary N) is 1. The van der Waals surface area contributed by atoms with Gasteiger partial charge in [0, 0.05) is 44.5 Å². The number of piperidine rings is 1. The Morgan fingerprint density at radius 2 is 2.07 bits per heavy atom. The number of allylic oxidation sites excluding steroid dienone is 2. The van der Waals surface area contributed by atoms with Gasteiger partial charge in [0.15, 0.2) is 0 Å². The lowest BCUT2D eigenvalue weighted by Gasteiger charge is -2.31. The Morgan fingerprint density at radius 3 is 2.80 bits per heavy atom. The van der Waals surface area contributed by atoms with Crippen molar-refractivity contribution in [3.8, 4) is 5.88 Å². The lowest BCUT2D eigenvalue weighted by molar-refractivity contribution is -0.127. The van der Waals surface area contributed by atoms with Crippen LogP contribution in [0.3, 0.4) is 0 Å². The number of amides is 2. The molecule has 2 aliphatic heterocycles. The highest BCUT2D eigenvalue weighted by Crippen LogP contribution is 2.27. The maximum absolute atomic E-state index is 13.0. The summed E-state index contributed by atoms with van der Waals surface area (Å²) in [5, 5.41) is 2.57. The summed E-state index contributed by atoms with van der Waals surface area (Å²) in [7, 11) is 1.58. The van der Waals surface area contributed by atoms with E-state index in [1.54, 1.807) is 19.2 Å². The highest BCUT2D eigenvalue weighted by atomic mass is 16.5. The molecule has 7 heteroatoms. The molecule has 1 aromatic heterocycles. The first-order chi connectivity index (χ1) is 14.6. The number of hydrogen-bond acceptors (Lipinski definition) is 5. The lowest BCUT2D eigenvalue weighted by Crippen LogP contribution is -2.42. The van der Waals surface area contributed by atoms with Crippen LogP contribution >= 0.6 is 0 Å². The third kappa shape index (κ3) is 4.62. The van der Waals surface area contributed by atoms with E-state index in [2.05, 4.69) is 15.2 Å².